The Labute approximate surface area is 76.7 Å². The highest BCUT2D eigenvalue weighted by Gasteiger charge is 2.09. The van der Waals surface area contributed by atoms with E-state index in [2.05, 4.69) is 5.43 Å². The fourth-order valence-corrected chi connectivity index (χ4v) is 1.08. The second-order valence-corrected chi connectivity index (χ2v) is 2.78. The summed E-state index contributed by atoms with van der Waals surface area (Å²) in [6.07, 6.45) is 0. The zero-order valence-corrected chi connectivity index (χ0v) is 7.67. The predicted octanol–water partition coefficient (Wildman–Crippen LogP) is 1.36. The Bertz CT molecular complexity index is 291. The van der Waals surface area contributed by atoms with Crippen molar-refractivity contribution in [2.24, 2.45) is 5.84 Å². The molecule has 3 N–H and O–H groups in total. The minimum absolute atomic E-state index is 0.203. The molecule has 0 bridgehead atoms. The van der Waals surface area contributed by atoms with E-state index in [1.54, 1.807) is 19.1 Å². The lowest BCUT2D eigenvalue weighted by molar-refractivity contribution is 0.409. The zero-order chi connectivity index (χ0) is 9.84. The van der Waals surface area contributed by atoms with Gasteiger partial charge in [-0.15, -0.1) is 0 Å². The molecule has 1 rings (SSSR count). The number of halogens is 1. The first-order chi connectivity index (χ1) is 6.19. The van der Waals surface area contributed by atoms with Crippen LogP contribution in [0.2, 0.25) is 0 Å². The van der Waals surface area contributed by atoms with Gasteiger partial charge in [-0.1, -0.05) is 6.07 Å². The minimum Gasteiger partial charge on any atom is -0.497 e. The molecule has 1 aromatic rings. The Morgan fingerprint density at radius 1 is 1.54 bits per heavy atom. The molecule has 0 aliphatic heterocycles. The summed E-state index contributed by atoms with van der Waals surface area (Å²) in [5.74, 6) is 5.39. The quantitative estimate of drug-likeness (QED) is 0.550. The summed E-state index contributed by atoms with van der Waals surface area (Å²) in [5.41, 5.74) is 3.01. The molecule has 0 aliphatic carbocycles. The smallest absolute Gasteiger partial charge is 0.131 e. The van der Waals surface area contributed by atoms with Crippen molar-refractivity contribution in [2.75, 3.05) is 7.11 Å². The third-order valence-corrected chi connectivity index (χ3v) is 1.92. The number of benzene rings is 1. The average molecular weight is 184 g/mol. The van der Waals surface area contributed by atoms with Crippen LogP contribution in [0.5, 0.6) is 5.75 Å². The highest BCUT2D eigenvalue weighted by Crippen LogP contribution is 2.20. The minimum atomic E-state index is -0.315. The fourth-order valence-electron chi connectivity index (χ4n) is 1.08. The number of ether oxygens (including phenoxy) is 1. The van der Waals surface area contributed by atoms with Gasteiger partial charge in [-0.2, -0.15) is 0 Å². The standard InChI is InChI=1S/C9H13FN2O/c1-6(12-11)8-4-3-7(13-2)5-9(8)10/h3-6,12H,11H2,1-2H3. The van der Waals surface area contributed by atoms with Crippen LogP contribution in [-0.4, -0.2) is 7.11 Å². The van der Waals surface area contributed by atoms with Gasteiger partial charge in [0.2, 0.25) is 0 Å². The molecule has 4 heteroatoms. The summed E-state index contributed by atoms with van der Waals surface area (Å²) in [5, 5.41) is 0. The summed E-state index contributed by atoms with van der Waals surface area (Å²) in [6.45, 7) is 1.78. The van der Waals surface area contributed by atoms with E-state index in [-0.39, 0.29) is 11.9 Å². The van der Waals surface area contributed by atoms with E-state index < -0.39 is 0 Å². The van der Waals surface area contributed by atoms with Crippen molar-refractivity contribution in [1.29, 1.82) is 0 Å². The van der Waals surface area contributed by atoms with Gasteiger partial charge >= 0.3 is 0 Å². The fraction of sp³-hybridized carbons (Fsp3) is 0.333. The van der Waals surface area contributed by atoms with Gasteiger partial charge in [0.1, 0.15) is 11.6 Å². The van der Waals surface area contributed by atoms with Crippen molar-refractivity contribution in [3.05, 3.63) is 29.6 Å². The van der Waals surface area contributed by atoms with Crippen molar-refractivity contribution in [3.8, 4) is 5.75 Å². The molecule has 1 unspecified atom stereocenters. The number of rotatable bonds is 3. The Kier molecular flexibility index (Phi) is 3.22. The van der Waals surface area contributed by atoms with Crippen LogP contribution in [-0.2, 0) is 0 Å². The van der Waals surface area contributed by atoms with Crippen LogP contribution in [0.4, 0.5) is 4.39 Å². The summed E-state index contributed by atoms with van der Waals surface area (Å²) in [7, 11) is 1.50. The maximum Gasteiger partial charge on any atom is 0.131 e. The summed E-state index contributed by atoms with van der Waals surface area (Å²) in [6, 6.07) is 4.49. The molecule has 0 aliphatic rings. The topological polar surface area (TPSA) is 47.3 Å². The van der Waals surface area contributed by atoms with Crippen LogP contribution in [0, 0.1) is 5.82 Å². The number of nitrogens with two attached hydrogens (primary N) is 1. The first-order valence-corrected chi connectivity index (χ1v) is 3.98. The Morgan fingerprint density at radius 2 is 2.23 bits per heavy atom. The Balaban J connectivity index is 2.98. The lowest BCUT2D eigenvalue weighted by Crippen LogP contribution is -2.26. The summed E-state index contributed by atoms with van der Waals surface area (Å²) in [4.78, 5) is 0. The van der Waals surface area contributed by atoms with E-state index in [9.17, 15) is 4.39 Å². The van der Waals surface area contributed by atoms with Crippen LogP contribution >= 0.6 is 0 Å². The van der Waals surface area contributed by atoms with E-state index in [1.165, 1.54) is 13.2 Å². The average Bonchev–Trinajstić information content (AvgIpc) is 2.16. The van der Waals surface area contributed by atoms with Crippen LogP contribution in [0.1, 0.15) is 18.5 Å². The highest BCUT2D eigenvalue weighted by atomic mass is 19.1. The van der Waals surface area contributed by atoms with Gasteiger partial charge in [-0.25, -0.2) is 4.39 Å². The van der Waals surface area contributed by atoms with Crippen LogP contribution in [0.25, 0.3) is 0 Å². The number of hydrazine groups is 1. The lowest BCUT2D eigenvalue weighted by atomic mass is 10.1. The molecule has 13 heavy (non-hydrogen) atoms. The largest absolute Gasteiger partial charge is 0.497 e. The van der Waals surface area contributed by atoms with E-state index >= 15 is 0 Å². The first kappa shape index (κ1) is 9.95. The maximum absolute atomic E-state index is 13.3. The number of hydrogen-bond donors (Lipinski definition) is 2. The molecule has 1 aromatic carbocycles. The van der Waals surface area contributed by atoms with Crippen molar-refractivity contribution in [3.63, 3.8) is 0 Å². The van der Waals surface area contributed by atoms with Crippen LogP contribution in [0.3, 0.4) is 0 Å². The monoisotopic (exact) mass is 184 g/mol. The molecule has 72 valence electrons. The zero-order valence-electron chi connectivity index (χ0n) is 7.67. The molecule has 0 saturated carbocycles. The van der Waals surface area contributed by atoms with Gasteiger partial charge in [-0.3, -0.25) is 11.3 Å². The van der Waals surface area contributed by atoms with Gasteiger partial charge < -0.3 is 4.74 Å². The molecule has 0 aromatic heterocycles. The number of hydrogen-bond acceptors (Lipinski definition) is 3. The molecule has 3 nitrogen and oxygen atoms in total. The Hall–Kier alpha value is -1.13. The van der Waals surface area contributed by atoms with E-state index in [1.807, 2.05) is 0 Å². The van der Waals surface area contributed by atoms with E-state index in [0.717, 1.165) is 0 Å². The Morgan fingerprint density at radius 3 is 2.69 bits per heavy atom. The van der Waals surface area contributed by atoms with Gasteiger partial charge in [0, 0.05) is 17.7 Å². The first-order valence-electron chi connectivity index (χ1n) is 3.98. The van der Waals surface area contributed by atoms with Crippen molar-refractivity contribution >= 4 is 0 Å². The van der Waals surface area contributed by atoms with Crippen LogP contribution in [0.15, 0.2) is 18.2 Å². The maximum atomic E-state index is 13.3. The molecule has 0 fully saturated rings. The van der Waals surface area contributed by atoms with Gasteiger partial charge in [-0.05, 0) is 13.0 Å². The predicted molar refractivity (Wildman–Crippen MR) is 48.7 cm³/mol. The molecule has 1 atom stereocenters. The SMILES string of the molecule is COc1ccc(C(C)NN)c(F)c1. The second kappa shape index (κ2) is 4.20. The van der Waals surface area contributed by atoms with E-state index in [4.69, 9.17) is 10.6 Å². The molecule has 0 heterocycles. The molecular weight excluding hydrogens is 171 g/mol. The highest BCUT2D eigenvalue weighted by molar-refractivity contribution is 5.30. The molecule has 0 saturated heterocycles. The summed E-state index contributed by atoms with van der Waals surface area (Å²) < 4.78 is 18.2. The molecule has 0 amide bonds. The van der Waals surface area contributed by atoms with E-state index in [0.29, 0.717) is 11.3 Å². The van der Waals surface area contributed by atoms with Gasteiger partial charge in [0.05, 0.1) is 7.11 Å². The molecule has 0 spiro atoms. The van der Waals surface area contributed by atoms with Gasteiger partial charge in [0.15, 0.2) is 0 Å². The summed E-state index contributed by atoms with van der Waals surface area (Å²) >= 11 is 0. The number of methoxy groups -OCH3 is 1. The second-order valence-electron chi connectivity index (χ2n) is 2.78. The van der Waals surface area contributed by atoms with Gasteiger partial charge in [0.25, 0.3) is 0 Å². The van der Waals surface area contributed by atoms with Crippen molar-refractivity contribution in [1.82, 2.24) is 5.43 Å². The van der Waals surface area contributed by atoms with Crippen LogP contribution < -0.4 is 16.0 Å². The van der Waals surface area contributed by atoms with Crippen molar-refractivity contribution in [2.45, 2.75) is 13.0 Å². The number of nitrogens with one attached hydrogen (secondary N) is 1. The normalized spacial score (nSPS) is 12.6. The lowest BCUT2D eigenvalue weighted by Gasteiger charge is -2.11. The van der Waals surface area contributed by atoms with Crippen molar-refractivity contribution < 1.29 is 9.13 Å². The molecular formula is C9H13FN2O. The molecule has 0 radical (unpaired) electrons. The third kappa shape index (κ3) is 2.17. The third-order valence-electron chi connectivity index (χ3n) is 1.92.